The monoisotopic (exact) mass is 327 g/mol. The summed E-state index contributed by atoms with van der Waals surface area (Å²) in [5.74, 6) is 0.597. The fraction of sp³-hybridized carbons (Fsp3) is 0.0588. The molecule has 0 aliphatic heterocycles. The van der Waals surface area contributed by atoms with Gasteiger partial charge in [-0.2, -0.15) is 5.26 Å². The van der Waals surface area contributed by atoms with E-state index in [1.165, 1.54) is 0 Å². The number of nitrogens with zero attached hydrogens (tertiary/aromatic N) is 3. The van der Waals surface area contributed by atoms with E-state index in [2.05, 4.69) is 11.1 Å². The molecule has 3 aromatic rings. The highest BCUT2D eigenvalue weighted by Gasteiger charge is 2.13. The van der Waals surface area contributed by atoms with Crippen molar-refractivity contribution in [3.63, 3.8) is 0 Å². The highest BCUT2D eigenvalue weighted by atomic mass is 35.5. The average molecular weight is 328 g/mol. The number of nitriles is 1. The van der Waals surface area contributed by atoms with Gasteiger partial charge in [0.25, 0.3) is 0 Å². The number of aromatic nitrogens is 2. The highest BCUT2D eigenvalue weighted by Crippen LogP contribution is 2.29. The molecule has 3 rings (SSSR count). The van der Waals surface area contributed by atoms with Gasteiger partial charge >= 0.3 is 0 Å². The van der Waals surface area contributed by atoms with Crippen LogP contribution in [0.3, 0.4) is 0 Å². The van der Waals surface area contributed by atoms with Gasteiger partial charge in [-0.1, -0.05) is 47.5 Å². The van der Waals surface area contributed by atoms with Crippen molar-refractivity contribution in [1.29, 1.82) is 5.26 Å². The number of imidazole rings is 1. The third-order valence-electron chi connectivity index (χ3n) is 3.43. The van der Waals surface area contributed by atoms with Crippen LogP contribution >= 0.6 is 23.2 Å². The second-order valence-electron chi connectivity index (χ2n) is 4.80. The number of rotatable bonds is 2. The fourth-order valence-corrected chi connectivity index (χ4v) is 2.68. The van der Waals surface area contributed by atoms with Gasteiger partial charge < -0.3 is 4.57 Å². The number of allylic oxidation sites excluding steroid dienone is 1. The first-order chi connectivity index (χ1) is 10.6. The molecule has 0 saturated heterocycles. The molecule has 22 heavy (non-hydrogen) atoms. The number of hydrogen-bond acceptors (Lipinski definition) is 2. The van der Waals surface area contributed by atoms with E-state index in [-0.39, 0.29) is 0 Å². The lowest BCUT2D eigenvalue weighted by Crippen LogP contribution is -1.96. The van der Waals surface area contributed by atoms with E-state index < -0.39 is 0 Å². The maximum atomic E-state index is 9.50. The summed E-state index contributed by atoms with van der Waals surface area (Å²) in [6.45, 7) is 0. The number of aryl methyl sites for hydroxylation is 1. The molecule has 5 heteroatoms. The topological polar surface area (TPSA) is 41.6 Å². The van der Waals surface area contributed by atoms with Crippen LogP contribution in [0.1, 0.15) is 11.4 Å². The minimum Gasteiger partial charge on any atom is -0.327 e. The molecule has 0 fully saturated rings. The number of benzene rings is 2. The van der Waals surface area contributed by atoms with Crippen LogP contribution in [0.4, 0.5) is 0 Å². The third kappa shape index (κ3) is 2.48. The lowest BCUT2D eigenvalue weighted by atomic mass is 10.1. The minimum atomic E-state index is 0.427. The molecule has 3 nitrogen and oxygen atoms in total. The summed E-state index contributed by atoms with van der Waals surface area (Å²) in [5.41, 5.74) is 2.94. The van der Waals surface area contributed by atoms with Crippen molar-refractivity contribution in [2.75, 3.05) is 0 Å². The number of para-hydroxylation sites is 2. The van der Waals surface area contributed by atoms with Crippen LogP contribution < -0.4 is 0 Å². The minimum absolute atomic E-state index is 0.427. The van der Waals surface area contributed by atoms with Crippen molar-refractivity contribution in [1.82, 2.24) is 9.55 Å². The first-order valence-electron chi connectivity index (χ1n) is 6.59. The lowest BCUT2D eigenvalue weighted by molar-refractivity contribution is 0.925. The normalized spacial score (nSPS) is 11.6. The van der Waals surface area contributed by atoms with E-state index in [4.69, 9.17) is 23.2 Å². The van der Waals surface area contributed by atoms with Gasteiger partial charge in [-0.15, -0.1) is 0 Å². The van der Waals surface area contributed by atoms with Gasteiger partial charge in [0.05, 0.1) is 26.7 Å². The third-order valence-corrected chi connectivity index (χ3v) is 4.26. The van der Waals surface area contributed by atoms with Crippen molar-refractivity contribution in [3.05, 3.63) is 63.9 Å². The molecular formula is C17H11Cl2N3. The van der Waals surface area contributed by atoms with Gasteiger partial charge in [0.1, 0.15) is 6.07 Å². The van der Waals surface area contributed by atoms with Gasteiger partial charge in [0, 0.05) is 7.05 Å². The van der Waals surface area contributed by atoms with Gasteiger partial charge in [-0.3, -0.25) is 0 Å². The number of halogens is 2. The molecule has 2 aromatic carbocycles. The Balaban J connectivity index is 2.18. The van der Waals surface area contributed by atoms with Crippen LogP contribution in [-0.4, -0.2) is 9.55 Å². The standard InChI is InChI=1S/C17H11Cl2N3/c1-22-15-8-3-2-7-14(15)21-17(22)12(10-20)9-11-5-4-6-13(18)16(11)19/h2-9H,1H3/b12-9+. The van der Waals surface area contributed by atoms with E-state index in [9.17, 15) is 5.26 Å². The van der Waals surface area contributed by atoms with Crippen LogP contribution in [0, 0.1) is 11.3 Å². The fourth-order valence-electron chi connectivity index (χ4n) is 2.32. The Morgan fingerprint density at radius 2 is 1.95 bits per heavy atom. The number of hydrogen-bond donors (Lipinski definition) is 0. The van der Waals surface area contributed by atoms with Crippen LogP contribution in [0.25, 0.3) is 22.7 Å². The van der Waals surface area contributed by atoms with Gasteiger partial charge in [0.15, 0.2) is 5.82 Å². The van der Waals surface area contributed by atoms with Gasteiger partial charge in [-0.25, -0.2) is 4.98 Å². The number of fused-ring (bicyclic) bond motifs is 1. The smallest absolute Gasteiger partial charge is 0.151 e. The second-order valence-corrected chi connectivity index (χ2v) is 5.58. The molecule has 1 aromatic heterocycles. The second kappa shape index (κ2) is 5.84. The van der Waals surface area contributed by atoms with Crippen LogP contribution in [0.2, 0.25) is 10.0 Å². The summed E-state index contributed by atoms with van der Waals surface area (Å²) in [4.78, 5) is 4.53. The molecule has 0 bridgehead atoms. The molecule has 1 heterocycles. The maximum Gasteiger partial charge on any atom is 0.151 e. The van der Waals surface area contributed by atoms with E-state index in [0.717, 1.165) is 11.0 Å². The van der Waals surface area contributed by atoms with Gasteiger partial charge in [-0.05, 0) is 29.8 Å². The molecule has 0 aliphatic rings. The SMILES string of the molecule is Cn1c(/C(C#N)=C/c2cccc(Cl)c2Cl)nc2ccccc21. The summed E-state index contributed by atoms with van der Waals surface area (Å²) in [7, 11) is 1.88. The maximum absolute atomic E-state index is 9.50. The van der Waals surface area contributed by atoms with Crippen molar-refractivity contribution in [3.8, 4) is 6.07 Å². The summed E-state index contributed by atoms with van der Waals surface area (Å²) in [6, 6.07) is 15.3. The molecule has 0 atom stereocenters. The lowest BCUT2D eigenvalue weighted by Gasteiger charge is -2.03. The Kier molecular flexibility index (Phi) is 3.89. The Bertz CT molecular complexity index is 933. The van der Waals surface area contributed by atoms with Crippen LogP contribution in [-0.2, 0) is 7.05 Å². The summed E-state index contributed by atoms with van der Waals surface area (Å²) >= 11 is 12.2. The summed E-state index contributed by atoms with van der Waals surface area (Å²) < 4.78 is 1.89. The predicted molar refractivity (Wildman–Crippen MR) is 90.7 cm³/mol. The summed E-state index contributed by atoms with van der Waals surface area (Å²) in [6.07, 6.45) is 1.70. The Morgan fingerprint density at radius 3 is 2.68 bits per heavy atom. The van der Waals surface area contributed by atoms with E-state index in [0.29, 0.717) is 27.0 Å². The summed E-state index contributed by atoms with van der Waals surface area (Å²) in [5, 5.41) is 10.4. The van der Waals surface area contributed by atoms with Crippen molar-refractivity contribution in [2.24, 2.45) is 7.05 Å². The molecule has 0 unspecified atom stereocenters. The Hall–Kier alpha value is -2.28. The molecule has 0 saturated carbocycles. The molecule has 0 radical (unpaired) electrons. The zero-order valence-electron chi connectivity index (χ0n) is 11.7. The Labute approximate surface area is 138 Å². The first kappa shape index (κ1) is 14.6. The Morgan fingerprint density at radius 1 is 1.18 bits per heavy atom. The molecule has 0 spiro atoms. The van der Waals surface area contributed by atoms with Crippen molar-refractivity contribution >= 4 is 45.9 Å². The largest absolute Gasteiger partial charge is 0.327 e. The van der Waals surface area contributed by atoms with E-state index in [1.807, 2.05) is 41.9 Å². The molecule has 0 amide bonds. The molecule has 0 aliphatic carbocycles. The van der Waals surface area contributed by atoms with Crippen molar-refractivity contribution in [2.45, 2.75) is 0 Å². The average Bonchev–Trinajstić information content (AvgIpc) is 2.86. The molecule has 0 N–H and O–H groups in total. The quantitative estimate of drug-likeness (QED) is 0.625. The zero-order chi connectivity index (χ0) is 15.7. The van der Waals surface area contributed by atoms with Crippen LogP contribution in [0.5, 0.6) is 0 Å². The molecule has 108 valence electrons. The van der Waals surface area contributed by atoms with E-state index >= 15 is 0 Å². The van der Waals surface area contributed by atoms with Gasteiger partial charge in [0.2, 0.25) is 0 Å². The predicted octanol–water partition coefficient (Wildman–Crippen LogP) is 4.94. The first-order valence-corrected chi connectivity index (χ1v) is 7.35. The van der Waals surface area contributed by atoms with Crippen molar-refractivity contribution < 1.29 is 0 Å². The van der Waals surface area contributed by atoms with Crippen LogP contribution in [0.15, 0.2) is 42.5 Å². The highest BCUT2D eigenvalue weighted by molar-refractivity contribution is 6.43. The zero-order valence-corrected chi connectivity index (χ0v) is 13.2. The molecular weight excluding hydrogens is 317 g/mol. The van der Waals surface area contributed by atoms with E-state index in [1.54, 1.807) is 18.2 Å².